The van der Waals surface area contributed by atoms with Crippen LogP contribution in [-0.2, 0) is 19.2 Å². The van der Waals surface area contributed by atoms with Crippen LogP contribution in [0.4, 0.5) is 0 Å². The van der Waals surface area contributed by atoms with E-state index in [-0.39, 0.29) is 35.5 Å². The monoisotopic (exact) mass is 970 g/mol. The first kappa shape index (κ1) is 63.3. The summed E-state index contributed by atoms with van der Waals surface area (Å²) in [4.78, 5) is 54.1. The predicted molar refractivity (Wildman–Crippen MR) is 294 cm³/mol. The normalized spacial score (nSPS) is 16.4. The molecule has 2 aliphatic heterocycles. The molecule has 404 valence electrons. The van der Waals surface area contributed by atoms with E-state index in [0.29, 0.717) is 39.0 Å². The molecule has 0 aromatic rings. The average Bonchev–Trinajstić information content (AvgIpc) is 3.78. The van der Waals surface area contributed by atoms with Gasteiger partial charge in [-0.1, -0.05) is 271 Å². The van der Waals surface area contributed by atoms with Crippen LogP contribution in [0.3, 0.4) is 0 Å². The topological polar surface area (TPSA) is 111 Å². The molecule has 9 nitrogen and oxygen atoms in total. The highest BCUT2D eigenvalue weighted by Gasteiger charge is 2.38. The molecule has 2 unspecified atom stereocenters. The number of hydrogen-bond acceptors (Lipinski definition) is 7. The van der Waals surface area contributed by atoms with Crippen LogP contribution in [0.2, 0.25) is 0 Å². The number of carbonyl (C=O) groups excluding carboxylic acids is 4. The summed E-state index contributed by atoms with van der Waals surface area (Å²) in [7, 11) is 0. The highest BCUT2D eigenvalue weighted by Crippen LogP contribution is 2.27. The van der Waals surface area contributed by atoms with Gasteiger partial charge in [0.2, 0.25) is 23.6 Å². The Morgan fingerprint density at radius 3 is 0.739 bits per heavy atom. The van der Waals surface area contributed by atoms with Gasteiger partial charge in [-0.3, -0.25) is 29.0 Å². The number of carbonyl (C=O) groups is 4. The minimum absolute atomic E-state index is 0.0111. The Kier molecular flexibility index (Phi) is 43.3. The Bertz CT molecular complexity index is 1130. The van der Waals surface area contributed by atoms with Crippen molar-refractivity contribution in [2.24, 2.45) is 11.8 Å². The summed E-state index contributed by atoms with van der Waals surface area (Å²) in [6, 6.07) is 0. The van der Waals surface area contributed by atoms with E-state index < -0.39 is 0 Å². The predicted octanol–water partition coefficient (Wildman–Crippen LogP) is 14.9. The number of unbranched alkanes of at least 4 members (excludes halogenated alkanes) is 38. The molecule has 2 fully saturated rings. The van der Waals surface area contributed by atoms with E-state index in [4.69, 9.17) is 0 Å². The van der Waals surface area contributed by atoms with Gasteiger partial charge in [0, 0.05) is 77.0 Å². The van der Waals surface area contributed by atoms with Gasteiger partial charge in [0.25, 0.3) is 0 Å². The van der Waals surface area contributed by atoms with Crippen LogP contribution in [0.5, 0.6) is 0 Å². The van der Waals surface area contributed by atoms with Gasteiger partial charge < -0.3 is 16.0 Å². The summed E-state index contributed by atoms with van der Waals surface area (Å²) < 4.78 is 0. The Balaban J connectivity index is 1.30. The molecule has 2 aliphatic rings. The Morgan fingerprint density at radius 1 is 0.304 bits per heavy atom. The fourth-order valence-electron chi connectivity index (χ4n) is 10.8. The molecular weight excluding hydrogens is 855 g/mol. The number of hydrogen-bond donors (Lipinski definition) is 3. The van der Waals surface area contributed by atoms with Crippen LogP contribution in [0, 0.1) is 11.8 Å². The van der Waals surface area contributed by atoms with Crippen molar-refractivity contribution >= 4 is 23.6 Å². The van der Waals surface area contributed by atoms with Gasteiger partial charge in [-0.05, 0) is 12.8 Å². The van der Waals surface area contributed by atoms with E-state index in [2.05, 4.69) is 29.8 Å². The minimum Gasteiger partial charge on any atom is -0.314 e. The molecule has 0 saturated carbocycles. The van der Waals surface area contributed by atoms with Gasteiger partial charge in [0.05, 0.1) is 0 Å². The molecule has 2 rings (SSSR count). The zero-order valence-corrected chi connectivity index (χ0v) is 46.0. The molecule has 2 atom stereocenters. The van der Waals surface area contributed by atoms with E-state index >= 15 is 0 Å². The Labute approximate surface area is 427 Å². The maximum absolute atomic E-state index is 13.0. The second-order valence-electron chi connectivity index (χ2n) is 21.8. The average molecular weight is 971 g/mol. The fraction of sp³-hybridized carbons (Fsp3) is 0.933. The molecule has 69 heavy (non-hydrogen) atoms. The van der Waals surface area contributed by atoms with Crippen LogP contribution in [0.1, 0.15) is 296 Å². The summed E-state index contributed by atoms with van der Waals surface area (Å²) in [5, 5.41) is 10.1. The molecule has 0 radical (unpaired) electrons. The van der Waals surface area contributed by atoms with Crippen LogP contribution in [-0.4, -0.2) is 85.8 Å². The number of rotatable bonds is 54. The molecule has 0 aromatic heterocycles. The van der Waals surface area contributed by atoms with Crippen molar-refractivity contribution in [2.45, 2.75) is 296 Å². The molecule has 0 bridgehead atoms. The smallest absolute Gasteiger partial charge is 0.232 e. The van der Waals surface area contributed by atoms with E-state index in [1.807, 2.05) is 0 Å². The maximum Gasteiger partial charge on any atom is 0.232 e. The van der Waals surface area contributed by atoms with Gasteiger partial charge in [-0.15, -0.1) is 0 Å². The van der Waals surface area contributed by atoms with Crippen LogP contribution < -0.4 is 16.0 Å². The van der Waals surface area contributed by atoms with Crippen molar-refractivity contribution in [1.29, 1.82) is 0 Å². The van der Waals surface area contributed by atoms with Crippen molar-refractivity contribution < 1.29 is 19.2 Å². The Morgan fingerprint density at radius 2 is 0.507 bits per heavy atom. The van der Waals surface area contributed by atoms with Crippen LogP contribution in [0.25, 0.3) is 0 Å². The molecule has 0 aromatic carbocycles. The zero-order chi connectivity index (χ0) is 49.5. The minimum atomic E-state index is -0.122. The van der Waals surface area contributed by atoms with E-state index in [0.717, 1.165) is 51.9 Å². The van der Waals surface area contributed by atoms with Gasteiger partial charge in [-0.2, -0.15) is 0 Å². The third-order valence-corrected chi connectivity index (χ3v) is 15.5. The largest absolute Gasteiger partial charge is 0.314 e. The fourth-order valence-corrected chi connectivity index (χ4v) is 10.8. The van der Waals surface area contributed by atoms with Gasteiger partial charge >= 0.3 is 0 Å². The van der Waals surface area contributed by atoms with Crippen molar-refractivity contribution in [3.05, 3.63) is 0 Å². The van der Waals surface area contributed by atoms with Crippen molar-refractivity contribution in [3.8, 4) is 0 Å². The highest BCUT2D eigenvalue weighted by atomic mass is 16.2. The van der Waals surface area contributed by atoms with Crippen LogP contribution >= 0.6 is 0 Å². The van der Waals surface area contributed by atoms with E-state index in [1.165, 1.54) is 254 Å². The second-order valence-corrected chi connectivity index (χ2v) is 21.8. The van der Waals surface area contributed by atoms with Gasteiger partial charge in [0.15, 0.2) is 0 Å². The third kappa shape index (κ3) is 35.0. The first-order valence-corrected chi connectivity index (χ1v) is 30.8. The molecular formula is C60H115N5O4. The molecule has 9 heteroatoms. The molecule has 0 aliphatic carbocycles. The van der Waals surface area contributed by atoms with Crippen molar-refractivity contribution in [2.75, 3.05) is 52.4 Å². The van der Waals surface area contributed by atoms with E-state index in [1.54, 1.807) is 0 Å². The van der Waals surface area contributed by atoms with Crippen molar-refractivity contribution in [1.82, 2.24) is 25.8 Å². The standard InChI is InChI=1S/C60H115N5O4/c1-3-5-7-9-11-13-15-17-19-21-23-25-27-29-31-33-35-37-39-41-43-55-53-57(66)64(59(55)68)51-49-62-47-45-61-46-48-63-50-52-65-58(67)54-56(60(65)69)44-42-40-38-36-34-32-30-28-26-24-22-20-18-16-14-12-10-8-6-4-2/h55-56,61-63H,3-54H2,1-2H3. The van der Waals surface area contributed by atoms with Gasteiger partial charge in [-0.25, -0.2) is 0 Å². The summed E-state index contributed by atoms with van der Waals surface area (Å²) in [5.74, 6) is -0.205. The Hall–Kier alpha value is -1.84. The number of imide groups is 2. The van der Waals surface area contributed by atoms with Crippen LogP contribution in [0.15, 0.2) is 0 Å². The summed E-state index contributed by atoms with van der Waals surface area (Å²) >= 11 is 0. The molecule has 2 saturated heterocycles. The van der Waals surface area contributed by atoms with Gasteiger partial charge in [0.1, 0.15) is 0 Å². The number of nitrogens with zero attached hydrogens (tertiary/aromatic N) is 2. The lowest BCUT2D eigenvalue weighted by Crippen LogP contribution is -2.40. The summed E-state index contributed by atoms with van der Waals surface area (Å²) in [5.41, 5.74) is 0. The molecule has 2 heterocycles. The molecule has 3 N–H and O–H groups in total. The maximum atomic E-state index is 13.0. The van der Waals surface area contributed by atoms with Crippen molar-refractivity contribution in [3.63, 3.8) is 0 Å². The lowest BCUT2D eigenvalue weighted by atomic mass is 9.98. The lowest BCUT2D eigenvalue weighted by molar-refractivity contribution is -0.140. The molecule has 0 spiro atoms. The second kappa shape index (κ2) is 47.2. The summed E-state index contributed by atoms with van der Waals surface area (Å²) in [6.45, 7) is 9.80. The number of nitrogens with one attached hydrogen (secondary N) is 3. The highest BCUT2D eigenvalue weighted by molar-refractivity contribution is 6.04. The van der Waals surface area contributed by atoms with E-state index in [9.17, 15) is 19.2 Å². The molecule has 4 amide bonds. The number of likely N-dealkylation sites (tertiary alicyclic amines) is 2. The summed E-state index contributed by atoms with van der Waals surface area (Å²) in [6.07, 6.45) is 57.0. The number of amides is 4. The lowest BCUT2D eigenvalue weighted by Gasteiger charge is -2.16. The first-order chi connectivity index (χ1) is 34.0. The quantitative estimate of drug-likeness (QED) is 0.0411. The SMILES string of the molecule is CCCCCCCCCCCCCCCCCCCCCCC1CC(=O)N(CCNCCNCCNCCN2C(=O)CC(CCCCCCCCCCCCCCCCCCCCCC)C2=O)C1=O. The zero-order valence-electron chi connectivity index (χ0n) is 46.0. The third-order valence-electron chi connectivity index (χ3n) is 15.5. The first-order valence-electron chi connectivity index (χ1n) is 30.8.